The SMILES string of the molecule is COc1ccc(S(=O)(=O)N(CC(=O)N(Cc2ccc(Br)cc2)[C@H](C)C(=O)NC2CCCC2)c2ccc(F)cc2)cc1. The molecular formula is C30H33BrFN3O5S. The Hall–Kier alpha value is -3.44. The molecule has 1 N–H and O–H groups in total. The molecule has 0 bridgehead atoms. The number of carbonyl (C=O) groups excluding carboxylic acids is 2. The van der Waals surface area contributed by atoms with Gasteiger partial charge in [0.2, 0.25) is 11.8 Å². The first-order valence-corrected chi connectivity index (χ1v) is 15.6. The van der Waals surface area contributed by atoms with Crippen LogP contribution in [-0.4, -0.2) is 50.9 Å². The van der Waals surface area contributed by atoms with Gasteiger partial charge in [-0.15, -0.1) is 0 Å². The molecule has 218 valence electrons. The molecule has 0 aromatic heterocycles. The van der Waals surface area contributed by atoms with Gasteiger partial charge in [0.05, 0.1) is 17.7 Å². The van der Waals surface area contributed by atoms with E-state index >= 15 is 0 Å². The molecule has 2 amide bonds. The highest BCUT2D eigenvalue weighted by atomic mass is 79.9. The topological polar surface area (TPSA) is 96.0 Å². The third-order valence-corrected chi connectivity index (χ3v) is 9.49. The van der Waals surface area contributed by atoms with Crippen molar-refractivity contribution in [3.8, 4) is 5.75 Å². The first-order chi connectivity index (χ1) is 19.6. The van der Waals surface area contributed by atoms with E-state index in [9.17, 15) is 22.4 Å². The molecule has 0 aliphatic heterocycles. The van der Waals surface area contributed by atoms with Crippen molar-refractivity contribution in [2.75, 3.05) is 18.0 Å². The molecule has 1 aliphatic rings. The third-order valence-electron chi connectivity index (χ3n) is 7.18. The van der Waals surface area contributed by atoms with Crippen LogP contribution in [0.4, 0.5) is 10.1 Å². The van der Waals surface area contributed by atoms with Crippen LogP contribution in [0, 0.1) is 5.82 Å². The first-order valence-electron chi connectivity index (χ1n) is 13.3. The van der Waals surface area contributed by atoms with Crippen LogP contribution in [0.3, 0.4) is 0 Å². The number of anilines is 1. The van der Waals surface area contributed by atoms with Crippen molar-refractivity contribution in [2.24, 2.45) is 0 Å². The summed E-state index contributed by atoms with van der Waals surface area (Å²) in [4.78, 5) is 28.5. The Labute approximate surface area is 248 Å². The first kappa shape index (κ1) is 30.5. The Bertz CT molecular complexity index is 1440. The summed E-state index contributed by atoms with van der Waals surface area (Å²) in [7, 11) is -2.79. The average molecular weight is 647 g/mol. The van der Waals surface area contributed by atoms with Gasteiger partial charge in [-0.3, -0.25) is 13.9 Å². The Balaban J connectivity index is 1.67. The number of benzene rings is 3. The summed E-state index contributed by atoms with van der Waals surface area (Å²) in [6, 6.07) is 17.2. The number of rotatable bonds is 11. The van der Waals surface area contributed by atoms with Crippen LogP contribution in [-0.2, 0) is 26.2 Å². The van der Waals surface area contributed by atoms with Crippen molar-refractivity contribution in [3.05, 3.63) is 88.6 Å². The smallest absolute Gasteiger partial charge is 0.264 e. The third kappa shape index (κ3) is 7.65. The number of hydrogen-bond donors (Lipinski definition) is 1. The zero-order chi connectivity index (χ0) is 29.6. The molecule has 41 heavy (non-hydrogen) atoms. The van der Waals surface area contributed by atoms with Crippen LogP contribution in [0.15, 0.2) is 82.2 Å². The number of ether oxygens (including phenoxy) is 1. The van der Waals surface area contributed by atoms with Crippen molar-refractivity contribution in [1.29, 1.82) is 0 Å². The summed E-state index contributed by atoms with van der Waals surface area (Å²) in [5.41, 5.74) is 0.885. The number of amides is 2. The van der Waals surface area contributed by atoms with E-state index in [0.29, 0.717) is 5.75 Å². The summed E-state index contributed by atoms with van der Waals surface area (Å²) in [5, 5.41) is 3.04. The van der Waals surface area contributed by atoms with Gasteiger partial charge in [0.1, 0.15) is 24.2 Å². The fourth-order valence-electron chi connectivity index (χ4n) is 4.77. The summed E-state index contributed by atoms with van der Waals surface area (Å²) in [6.07, 6.45) is 3.85. The van der Waals surface area contributed by atoms with Crippen LogP contribution in [0.25, 0.3) is 0 Å². The van der Waals surface area contributed by atoms with E-state index in [1.165, 1.54) is 48.4 Å². The van der Waals surface area contributed by atoms with Gasteiger partial charge in [0.25, 0.3) is 10.0 Å². The molecule has 4 rings (SSSR count). The number of halogens is 2. The van der Waals surface area contributed by atoms with Gasteiger partial charge in [-0.1, -0.05) is 40.9 Å². The van der Waals surface area contributed by atoms with E-state index in [0.717, 1.165) is 52.2 Å². The summed E-state index contributed by atoms with van der Waals surface area (Å²) < 4.78 is 48.4. The predicted octanol–water partition coefficient (Wildman–Crippen LogP) is 5.27. The number of carbonyl (C=O) groups is 2. The van der Waals surface area contributed by atoms with Gasteiger partial charge in [0, 0.05) is 17.1 Å². The maximum absolute atomic E-state index is 14.0. The molecule has 0 unspecified atom stereocenters. The molecule has 3 aromatic carbocycles. The molecule has 8 nitrogen and oxygen atoms in total. The van der Waals surface area contributed by atoms with Gasteiger partial charge in [-0.25, -0.2) is 12.8 Å². The van der Waals surface area contributed by atoms with Gasteiger partial charge in [-0.2, -0.15) is 0 Å². The van der Waals surface area contributed by atoms with Crippen molar-refractivity contribution in [2.45, 2.75) is 56.1 Å². The zero-order valence-corrected chi connectivity index (χ0v) is 25.3. The molecule has 11 heteroatoms. The van der Waals surface area contributed by atoms with Crippen molar-refractivity contribution >= 4 is 43.5 Å². The monoisotopic (exact) mass is 645 g/mol. The number of methoxy groups -OCH3 is 1. The molecule has 1 saturated carbocycles. The average Bonchev–Trinajstić information content (AvgIpc) is 3.48. The predicted molar refractivity (Wildman–Crippen MR) is 158 cm³/mol. The number of hydrogen-bond acceptors (Lipinski definition) is 5. The van der Waals surface area contributed by atoms with Crippen molar-refractivity contribution < 1.29 is 27.1 Å². The van der Waals surface area contributed by atoms with E-state index in [2.05, 4.69) is 21.2 Å². The highest BCUT2D eigenvalue weighted by Crippen LogP contribution is 2.26. The normalized spacial score (nSPS) is 14.3. The van der Waals surface area contributed by atoms with Crippen LogP contribution in [0.1, 0.15) is 38.2 Å². The lowest BCUT2D eigenvalue weighted by molar-refractivity contribution is -0.139. The largest absolute Gasteiger partial charge is 0.497 e. The Morgan fingerprint density at radius 1 is 1.00 bits per heavy atom. The maximum Gasteiger partial charge on any atom is 0.264 e. The van der Waals surface area contributed by atoms with Gasteiger partial charge >= 0.3 is 0 Å². The van der Waals surface area contributed by atoms with E-state index in [4.69, 9.17) is 4.74 Å². The summed E-state index contributed by atoms with van der Waals surface area (Å²) >= 11 is 3.41. The Morgan fingerprint density at radius 2 is 1.61 bits per heavy atom. The molecule has 0 spiro atoms. The van der Waals surface area contributed by atoms with Gasteiger partial charge in [-0.05, 0) is 86.0 Å². The molecule has 1 atom stereocenters. The standard InChI is InChI=1S/C30H33BrFN3O5S/c1-21(30(37)33-25-5-3-4-6-25)34(19-22-7-9-23(31)10-8-22)29(36)20-35(26-13-11-24(32)12-14-26)41(38,39)28-17-15-27(40-2)16-18-28/h7-18,21,25H,3-6,19-20H2,1-2H3,(H,33,37)/t21-/m1/s1. The van der Waals surface area contributed by atoms with E-state index in [1.54, 1.807) is 6.92 Å². The fourth-order valence-corrected chi connectivity index (χ4v) is 6.45. The highest BCUT2D eigenvalue weighted by Gasteiger charge is 2.33. The molecule has 1 aliphatic carbocycles. The molecule has 1 fully saturated rings. The van der Waals surface area contributed by atoms with Crippen LogP contribution >= 0.6 is 15.9 Å². The lowest BCUT2D eigenvalue weighted by Gasteiger charge is -2.32. The Morgan fingerprint density at radius 3 is 2.20 bits per heavy atom. The maximum atomic E-state index is 14.0. The molecular weight excluding hydrogens is 613 g/mol. The molecule has 0 heterocycles. The summed E-state index contributed by atoms with van der Waals surface area (Å²) in [6.45, 7) is 1.13. The number of nitrogens with one attached hydrogen (secondary N) is 1. The second-order valence-electron chi connectivity index (χ2n) is 9.98. The van der Waals surface area contributed by atoms with E-state index < -0.39 is 34.3 Å². The zero-order valence-electron chi connectivity index (χ0n) is 22.9. The Kier molecular flexibility index (Phi) is 10.0. The minimum Gasteiger partial charge on any atom is -0.497 e. The lowest BCUT2D eigenvalue weighted by Crippen LogP contribution is -2.52. The van der Waals surface area contributed by atoms with E-state index in [1.807, 2.05) is 24.3 Å². The highest BCUT2D eigenvalue weighted by molar-refractivity contribution is 9.10. The van der Waals surface area contributed by atoms with Crippen LogP contribution < -0.4 is 14.4 Å². The van der Waals surface area contributed by atoms with Gasteiger partial charge in [0.15, 0.2) is 0 Å². The van der Waals surface area contributed by atoms with Crippen molar-refractivity contribution in [1.82, 2.24) is 10.2 Å². The van der Waals surface area contributed by atoms with Crippen molar-refractivity contribution in [3.63, 3.8) is 0 Å². The lowest BCUT2D eigenvalue weighted by atomic mass is 10.1. The molecule has 3 aromatic rings. The van der Waals surface area contributed by atoms with Gasteiger partial charge < -0.3 is 15.0 Å². The summed E-state index contributed by atoms with van der Waals surface area (Å²) in [5.74, 6) is -0.954. The van der Waals surface area contributed by atoms with Crippen LogP contribution in [0.2, 0.25) is 0 Å². The fraction of sp³-hybridized carbons (Fsp3) is 0.333. The number of nitrogens with zero attached hydrogens (tertiary/aromatic N) is 2. The van der Waals surface area contributed by atoms with Crippen LogP contribution in [0.5, 0.6) is 5.75 Å². The molecule has 0 radical (unpaired) electrons. The van der Waals surface area contributed by atoms with E-state index in [-0.39, 0.29) is 29.1 Å². The minimum absolute atomic E-state index is 0.0562. The quantitative estimate of drug-likeness (QED) is 0.307. The molecule has 0 saturated heterocycles. The second kappa shape index (κ2) is 13.5. The number of sulfonamides is 1. The minimum atomic E-state index is -4.26. The second-order valence-corrected chi connectivity index (χ2v) is 12.8.